The highest BCUT2D eigenvalue weighted by molar-refractivity contribution is 7.10. The van der Waals surface area contributed by atoms with E-state index in [0.717, 1.165) is 11.3 Å². The number of carbonyl (C=O) groups is 1. The minimum atomic E-state index is -0.119. The fraction of sp³-hybridized carbons (Fsp3) is 0.222. The number of benzene rings is 1. The van der Waals surface area contributed by atoms with Gasteiger partial charge in [0.2, 0.25) is 0 Å². The number of nitrogens with zero attached hydrogens (tertiary/aromatic N) is 2. The largest absolute Gasteiger partial charge is 0.350 e. The number of aromatic amines is 1. The molecule has 5 nitrogen and oxygen atoms in total. The van der Waals surface area contributed by atoms with Crippen molar-refractivity contribution in [2.24, 2.45) is 0 Å². The van der Waals surface area contributed by atoms with Gasteiger partial charge in [-0.25, -0.2) is 0 Å². The molecule has 0 spiro atoms. The fourth-order valence-corrected chi connectivity index (χ4v) is 3.51. The molecule has 0 saturated carbocycles. The van der Waals surface area contributed by atoms with E-state index in [2.05, 4.69) is 31.9 Å². The first-order valence-corrected chi connectivity index (χ1v) is 8.61. The molecule has 0 radical (unpaired) electrons. The van der Waals surface area contributed by atoms with E-state index in [4.69, 9.17) is 0 Å². The van der Waals surface area contributed by atoms with Crippen LogP contribution in [0.15, 0.2) is 54.0 Å². The van der Waals surface area contributed by atoms with Gasteiger partial charge in [0.1, 0.15) is 0 Å². The number of H-pyrrole nitrogens is 1. The van der Waals surface area contributed by atoms with Crippen molar-refractivity contribution in [1.29, 1.82) is 0 Å². The Kier molecular flexibility index (Phi) is 5.08. The summed E-state index contributed by atoms with van der Waals surface area (Å²) < 4.78 is 0. The number of likely N-dealkylation sites (N-methyl/N-ethyl adjacent to an activating group) is 1. The van der Waals surface area contributed by atoms with Gasteiger partial charge in [-0.1, -0.05) is 36.4 Å². The molecule has 124 valence electrons. The Labute approximate surface area is 145 Å². The summed E-state index contributed by atoms with van der Waals surface area (Å²) in [4.78, 5) is 16.0. The van der Waals surface area contributed by atoms with Gasteiger partial charge in [0.25, 0.3) is 5.91 Å². The molecule has 0 fully saturated rings. The molecular weight excluding hydrogens is 320 g/mol. The summed E-state index contributed by atoms with van der Waals surface area (Å²) in [6.45, 7) is 0.547. The smallest absolute Gasteiger partial charge is 0.255 e. The molecule has 0 aliphatic heterocycles. The fourth-order valence-electron chi connectivity index (χ4n) is 2.59. The lowest BCUT2D eigenvalue weighted by atomic mass is 10.1. The molecule has 0 saturated heterocycles. The van der Waals surface area contributed by atoms with Crippen LogP contribution < -0.4 is 5.32 Å². The van der Waals surface area contributed by atoms with Crippen molar-refractivity contribution in [2.75, 3.05) is 20.6 Å². The number of carbonyl (C=O) groups excluding carboxylic acids is 1. The minimum absolute atomic E-state index is 0.119. The summed E-state index contributed by atoms with van der Waals surface area (Å²) in [6.07, 6.45) is 1.58. The summed E-state index contributed by atoms with van der Waals surface area (Å²) in [7, 11) is 4.04. The van der Waals surface area contributed by atoms with Crippen LogP contribution in [0.3, 0.4) is 0 Å². The molecule has 2 N–H and O–H groups in total. The third-order valence-electron chi connectivity index (χ3n) is 3.90. The maximum atomic E-state index is 12.6. The third-order valence-corrected chi connectivity index (χ3v) is 4.87. The minimum Gasteiger partial charge on any atom is -0.350 e. The number of hydrogen-bond donors (Lipinski definition) is 2. The molecule has 1 aromatic carbocycles. The zero-order valence-electron chi connectivity index (χ0n) is 13.7. The van der Waals surface area contributed by atoms with Gasteiger partial charge >= 0.3 is 0 Å². The van der Waals surface area contributed by atoms with Gasteiger partial charge < -0.3 is 10.2 Å². The number of thiophene rings is 1. The highest BCUT2D eigenvalue weighted by Crippen LogP contribution is 2.23. The Morgan fingerprint density at radius 3 is 2.71 bits per heavy atom. The van der Waals surface area contributed by atoms with Gasteiger partial charge in [-0.05, 0) is 25.5 Å². The van der Waals surface area contributed by atoms with Crippen LogP contribution in [0.1, 0.15) is 21.3 Å². The van der Waals surface area contributed by atoms with Gasteiger partial charge in [-0.3, -0.25) is 9.89 Å². The maximum absolute atomic E-state index is 12.6. The lowest BCUT2D eigenvalue weighted by Gasteiger charge is -2.23. The Hall–Kier alpha value is -2.44. The number of hydrogen-bond acceptors (Lipinski definition) is 4. The monoisotopic (exact) mass is 340 g/mol. The molecule has 0 unspecified atom stereocenters. The number of aromatic nitrogens is 2. The molecular formula is C18H20N4OS. The first kappa shape index (κ1) is 16.4. The van der Waals surface area contributed by atoms with Crippen molar-refractivity contribution < 1.29 is 4.79 Å². The molecule has 2 heterocycles. The van der Waals surface area contributed by atoms with Crippen molar-refractivity contribution in [1.82, 2.24) is 20.4 Å². The lowest BCUT2D eigenvalue weighted by molar-refractivity contribution is 0.0943. The maximum Gasteiger partial charge on any atom is 0.255 e. The molecule has 0 aliphatic carbocycles. The van der Waals surface area contributed by atoms with Crippen LogP contribution in [0.25, 0.3) is 11.3 Å². The van der Waals surface area contributed by atoms with E-state index in [1.807, 2.05) is 50.5 Å². The van der Waals surface area contributed by atoms with Crippen LogP contribution in [-0.2, 0) is 0 Å². The molecule has 0 bridgehead atoms. The van der Waals surface area contributed by atoms with Crippen molar-refractivity contribution in [3.63, 3.8) is 0 Å². The Morgan fingerprint density at radius 2 is 2.04 bits per heavy atom. The quantitative estimate of drug-likeness (QED) is 0.724. The first-order valence-electron chi connectivity index (χ1n) is 7.73. The average Bonchev–Trinajstić information content (AvgIpc) is 3.27. The Morgan fingerprint density at radius 1 is 1.25 bits per heavy atom. The van der Waals surface area contributed by atoms with E-state index in [9.17, 15) is 4.79 Å². The predicted octanol–water partition coefficient (Wildman–Crippen LogP) is 3.17. The second-order valence-corrected chi connectivity index (χ2v) is 6.71. The van der Waals surface area contributed by atoms with Gasteiger partial charge in [0, 0.05) is 17.0 Å². The molecule has 1 amide bonds. The third kappa shape index (κ3) is 3.55. The summed E-state index contributed by atoms with van der Waals surface area (Å²) in [6, 6.07) is 14.0. The van der Waals surface area contributed by atoms with Gasteiger partial charge in [-0.15, -0.1) is 11.3 Å². The SMILES string of the molecule is CN(C)[C@@H](CNC(=O)c1cn[nH]c1-c1ccccc1)c1cccs1. The van der Waals surface area contributed by atoms with E-state index < -0.39 is 0 Å². The van der Waals surface area contributed by atoms with E-state index in [-0.39, 0.29) is 11.9 Å². The molecule has 0 aliphatic rings. The van der Waals surface area contributed by atoms with Crippen LogP contribution in [0.2, 0.25) is 0 Å². The van der Waals surface area contributed by atoms with Gasteiger partial charge in [0.15, 0.2) is 0 Å². The first-order chi connectivity index (χ1) is 11.7. The summed E-state index contributed by atoms with van der Waals surface area (Å²) >= 11 is 1.70. The van der Waals surface area contributed by atoms with Gasteiger partial charge in [-0.2, -0.15) is 5.10 Å². The van der Waals surface area contributed by atoms with Crippen LogP contribution >= 0.6 is 11.3 Å². The van der Waals surface area contributed by atoms with Crippen molar-refractivity contribution in [3.8, 4) is 11.3 Å². The highest BCUT2D eigenvalue weighted by Gasteiger charge is 2.19. The number of rotatable bonds is 6. The molecule has 3 aromatic rings. The van der Waals surface area contributed by atoms with E-state index in [1.54, 1.807) is 17.5 Å². The molecule has 24 heavy (non-hydrogen) atoms. The average molecular weight is 340 g/mol. The van der Waals surface area contributed by atoms with Crippen LogP contribution in [0.4, 0.5) is 0 Å². The van der Waals surface area contributed by atoms with E-state index in [1.165, 1.54) is 4.88 Å². The molecule has 6 heteroatoms. The topological polar surface area (TPSA) is 61.0 Å². The summed E-state index contributed by atoms with van der Waals surface area (Å²) in [5.74, 6) is -0.119. The van der Waals surface area contributed by atoms with Crippen molar-refractivity contribution >= 4 is 17.2 Å². The second kappa shape index (κ2) is 7.42. The zero-order chi connectivity index (χ0) is 16.9. The Bertz CT molecular complexity index is 780. The summed E-state index contributed by atoms with van der Waals surface area (Å²) in [5.41, 5.74) is 2.25. The normalized spacial score (nSPS) is 12.3. The Balaban J connectivity index is 1.73. The van der Waals surface area contributed by atoms with Crippen molar-refractivity contribution in [3.05, 3.63) is 64.5 Å². The second-order valence-electron chi connectivity index (χ2n) is 5.73. The lowest BCUT2D eigenvalue weighted by Crippen LogP contribution is -2.34. The molecule has 3 rings (SSSR count). The van der Waals surface area contributed by atoms with E-state index in [0.29, 0.717) is 12.1 Å². The number of nitrogens with one attached hydrogen (secondary N) is 2. The zero-order valence-corrected chi connectivity index (χ0v) is 14.5. The van der Waals surface area contributed by atoms with Crippen molar-refractivity contribution in [2.45, 2.75) is 6.04 Å². The molecule has 1 atom stereocenters. The van der Waals surface area contributed by atoms with Gasteiger partial charge in [0.05, 0.1) is 23.5 Å². The van der Waals surface area contributed by atoms with E-state index >= 15 is 0 Å². The standard InChI is InChI=1S/C18H20N4OS/c1-22(2)15(16-9-6-10-24-16)12-19-18(23)14-11-20-21-17(14)13-7-4-3-5-8-13/h3-11,15H,12H2,1-2H3,(H,19,23)(H,20,21)/t15-/m0/s1. The van der Waals surface area contributed by atoms with Crippen LogP contribution in [-0.4, -0.2) is 41.6 Å². The predicted molar refractivity (Wildman–Crippen MR) is 97.1 cm³/mol. The molecule has 2 aromatic heterocycles. The summed E-state index contributed by atoms with van der Waals surface area (Å²) in [5, 5.41) is 12.0. The van der Waals surface area contributed by atoms with Crippen LogP contribution in [0, 0.1) is 0 Å². The van der Waals surface area contributed by atoms with Crippen LogP contribution in [0.5, 0.6) is 0 Å². The number of amides is 1. The highest BCUT2D eigenvalue weighted by atomic mass is 32.1.